The number of ether oxygens (including phenoxy) is 1. The first-order valence-corrected chi connectivity index (χ1v) is 9.85. The third-order valence-electron chi connectivity index (χ3n) is 3.88. The van der Waals surface area contributed by atoms with Crippen LogP contribution in [0.2, 0.25) is 0 Å². The van der Waals surface area contributed by atoms with Gasteiger partial charge in [0.2, 0.25) is 5.91 Å². The zero-order valence-corrected chi connectivity index (χ0v) is 16.0. The Balaban J connectivity index is 1.54. The molecule has 3 aromatic rings. The number of thiazole rings is 1. The largest absolute Gasteiger partial charge is 0.494 e. The molecular weight excluding hydrogens is 356 g/mol. The fraction of sp³-hybridized carbons (Fsp3) is 0.182. The summed E-state index contributed by atoms with van der Waals surface area (Å²) in [7, 11) is 0. The number of amides is 1. The summed E-state index contributed by atoms with van der Waals surface area (Å²) in [6.07, 6.45) is 5.44. The highest BCUT2D eigenvalue weighted by Crippen LogP contribution is 2.24. The number of unbranched alkanes of at least 4 members (excludes halogenated alkanes) is 1. The molecule has 4 nitrogen and oxygen atoms in total. The van der Waals surface area contributed by atoms with Gasteiger partial charge in [0.25, 0.3) is 0 Å². The minimum atomic E-state index is -0.202. The molecule has 5 heteroatoms. The molecule has 0 atom stereocenters. The van der Waals surface area contributed by atoms with Crippen molar-refractivity contribution in [1.82, 2.24) is 4.98 Å². The summed E-state index contributed by atoms with van der Waals surface area (Å²) in [6, 6.07) is 17.6. The number of benzene rings is 2. The third kappa shape index (κ3) is 5.79. The van der Waals surface area contributed by atoms with Crippen LogP contribution in [0.1, 0.15) is 25.3 Å². The number of hydrogen-bond donors (Lipinski definition) is 1. The molecule has 2 aromatic carbocycles. The van der Waals surface area contributed by atoms with Crippen molar-refractivity contribution in [2.75, 3.05) is 11.9 Å². The maximum atomic E-state index is 12.1. The molecule has 0 aliphatic rings. The van der Waals surface area contributed by atoms with Crippen LogP contribution in [0.5, 0.6) is 5.75 Å². The van der Waals surface area contributed by atoms with Crippen LogP contribution in [0.3, 0.4) is 0 Å². The van der Waals surface area contributed by atoms with E-state index in [1.807, 2.05) is 60.0 Å². The monoisotopic (exact) mass is 378 g/mol. The van der Waals surface area contributed by atoms with E-state index in [1.165, 1.54) is 17.4 Å². The molecule has 1 N–H and O–H groups in total. The van der Waals surface area contributed by atoms with Crippen LogP contribution in [-0.2, 0) is 4.79 Å². The fourth-order valence-corrected chi connectivity index (χ4v) is 3.12. The Labute approximate surface area is 163 Å². The number of rotatable bonds is 8. The number of nitrogens with one attached hydrogen (secondary N) is 1. The number of aromatic nitrogens is 1. The van der Waals surface area contributed by atoms with Crippen LogP contribution in [0.15, 0.2) is 66.1 Å². The van der Waals surface area contributed by atoms with Crippen molar-refractivity contribution in [3.63, 3.8) is 0 Å². The first-order chi connectivity index (χ1) is 13.2. The molecule has 0 spiro atoms. The smallest absolute Gasteiger partial charge is 0.250 e. The van der Waals surface area contributed by atoms with Gasteiger partial charge in [-0.25, -0.2) is 4.98 Å². The Morgan fingerprint density at radius 1 is 1.15 bits per heavy atom. The van der Waals surface area contributed by atoms with Gasteiger partial charge in [-0.2, -0.15) is 0 Å². The van der Waals surface area contributed by atoms with E-state index in [-0.39, 0.29) is 5.91 Å². The summed E-state index contributed by atoms with van der Waals surface area (Å²) in [4.78, 5) is 16.6. The Hall–Kier alpha value is -2.92. The second-order valence-corrected chi connectivity index (χ2v) is 6.86. The molecular formula is C22H22N2O2S. The van der Waals surface area contributed by atoms with Crippen LogP contribution >= 0.6 is 11.3 Å². The van der Waals surface area contributed by atoms with Gasteiger partial charge in [-0.05, 0) is 30.2 Å². The van der Waals surface area contributed by atoms with Gasteiger partial charge in [0, 0.05) is 17.0 Å². The lowest BCUT2D eigenvalue weighted by Crippen LogP contribution is -2.07. The van der Waals surface area contributed by atoms with E-state index < -0.39 is 0 Å². The predicted octanol–water partition coefficient (Wildman–Crippen LogP) is 5.64. The van der Waals surface area contributed by atoms with Gasteiger partial charge in [-0.15, -0.1) is 11.3 Å². The first kappa shape index (κ1) is 18.9. The molecule has 27 heavy (non-hydrogen) atoms. The average molecular weight is 378 g/mol. The molecule has 0 aliphatic heterocycles. The second-order valence-electron chi connectivity index (χ2n) is 6.00. The van der Waals surface area contributed by atoms with Crippen LogP contribution < -0.4 is 10.1 Å². The molecule has 1 aromatic heterocycles. The van der Waals surface area contributed by atoms with Gasteiger partial charge in [-0.3, -0.25) is 10.1 Å². The van der Waals surface area contributed by atoms with Crippen molar-refractivity contribution in [3.05, 3.63) is 71.6 Å². The molecule has 1 heterocycles. The summed E-state index contributed by atoms with van der Waals surface area (Å²) in [5.74, 6) is 0.647. The van der Waals surface area contributed by atoms with E-state index in [4.69, 9.17) is 4.74 Å². The van der Waals surface area contributed by atoms with E-state index >= 15 is 0 Å². The van der Waals surface area contributed by atoms with Crippen molar-refractivity contribution in [1.29, 1.82) is 0 Å². The van der Waals surface area contributed by atoms with Gasteiger partial charge in [0.1, 0.15) is 5.75 Å². The number of anilines is 1. The van der Waals surface area contributed by atoms with E-state index in [2.05, 4.69) is 17.2 Å². The number of hydrogen-bond acceptors (Lipinski definition) is 4. The standard InChI is InChI=1S/C22H22N2O2S/c1-2-3-15-26-19-12-9-17(10-13-19)11-14-21(25)24-22-23-20(16-27-22)18-7-5-4-6-8-18/h4-14,16H,2-3,15H2,1H3,(H,23,24,25)/b14-11+. The summed E-state index contributed by atoms with van der Waals surface area (Å²) >= 11 is 1.41. The minimum Gasteiger partial charge on any atom is -0.494 e. The third-order valence-corrected chi connectivity index (χ3v) is 4.64. The van der Waals surface area contributed by atoms with Crippen LogP contribution in [0.4, 0.5) is 5.13 Å². The van der Waals surface area contributed by atoms with Gasteiger partial charge in [0.15, 0.2) is 5.13 Å². The SMILES string of the molecule is CCCCOc1ccc(/C=C/C(=O)Nc2nc(-c3ccccc3)cs2)cc1. The van der Waals surface area contributed by atoms with Crippen molar-refractivity contribution in [2.45, 2.75) is 19.8 Å². The fourth-order valence-electron chi connectivity index (χ4n) is 2.40. The van der Waals surface area contributed by atoms with Gasteiger partial charge >= 0.3 is 0 Å². The van der Waals surface area contributed by atoms with E-state index in [0.29, 0.717) is 5.13 Å². The quantitative estimate of drug-likeness (QED) is 0.407. The Morgan fingerprint density at radius 2 is 1.93 bits per heavy atom. The molecule has 0 unspecified atom stereocenters. The molecule has 0 radical (unpaired) electrons. The lowest BCUT2D eigenvalue weighted by molar-refractivity contribution is -0.111. The molecule has 0 aliphatic carbocycles. The maximum absolute atomic E-state index is 12.1. The van der Waals surface area contributed by atoms with Crippen LogP contribution in [-0.4, -0.2) is 17.5 Å². The van der Waals surface area contributed by atoms with E-state index in [0.717, 1.165) is 42.0 Å². The molecule has 0 saturated carbocycles. The molecule has 0 bridgehead atoms. The van der Waals surface area contributed by atoms with E-state index in [1.54, 1.807) is 6.08 Å². The van der Waals surface area contributed by atoms with Gasteiger partial charge in [-0.1, -0.05) is 55.8 Å². The minimum absolute atomic E-state index is 0.202. The summed E-state index contributed by atoms with van der Waals surface area (Å²) in [5.41, 5.74) is 2.83. The summed E-state index contributed by atoms with van der Waals surface area (Å²) in [5, 5.41) is 5.33. The van der Waals surface area contributed by atoms with Crippen LogP contribution in [0.25, 0.3) is 17.3 Å². The first-order valence-electron chi connectivity index (χ1n) is 8.97. The van der Waals surface area contributed by atoms with Crippen molar-refractivity contribution < 1.29 is 9.53 Å². The summed E-state index contributed by atoms with van der Waals surface area (Å²) in [6.45, 7) is 2.86. The molecule has 138 valence electrons. The highest BCUT2D eigenvalue weighted by Gasteiger charge is 2.06. The molecule has 0 saturated heterocycles. The number of carbonyl (C=O) groups excluding carboxylic acids is 1. The predicted molar refractivity (Wildman–Crippen MR) is 112 cm³/mol. The van der Waals surface area contributed by atoms with Crippen molar-refractivity contribution in [3.8, 4) is 17.0 Å². The lowest BCUT2D eigenvalue weighted by Gasteiger charge is -2.05. The molecule has 3 rings (SSSR count). The van der Waals surface area contributed by atoms with Gasteiger partial charge < -0.3 is 4.74 Å². The Bertz CT molecular complexity index is 886. The van der Waals surface area contributed by atoms with Crippen molar-refractivity contribution >= 4 is 28.5 Å². The lowest BCUT2D eigenvalue weighted by atomic mass is 10.2. The summed E-state index contributed by atoms with van der Waals surface area (Å²) < 4.78 is 5.63. The number of carbonyl (C=O) groups is 1. The molecule has 0 fully saturated rings. The van der Waals surface area contributed by atoms with Gasteiger partial charge in [0.05, 0.1) is 12.3 Å². The number of nitrogens with zero attached hydrogens (tertiary/aromatic N) is 1. The molecule has 1 amide bonds. The second kappa shape index (κ2) is 9.69. The highest BCUT2D eigenvalue weighted by molar-refractivity contribution is 7.14. The zero-order valence-electron chi connectivity index (χ0n) is 15.2. The zero-order chi connectivity index (χ0) is 18.9. The maximum Gasteiger partial charge on any atom is 0.250 e. The normalized spacial score (nSPS) is 10.9. The van der Waals surface area contributed by atoms with E-state index in [9.17, 15) is 4.79 Å². The topological polar surface area (TPSA) is 51.2 Å². The van der Waals surface area contributed by atoms with Crippen molar-refractivity contribution in [2.24, 2.45) is 0 Å². The highest BCUT2D eigenvalue weighted by atomic mass is 32.1. The van der Waals surface area contributed by atoms with Crippen LogP contribution in [0, 0.1) is 0 Å². The average Bonchev–Trinajstić information content (AvgIpc) is 3.17. The Kier molecular flexibility index (Phi) is 6.77. The Morgan fingerprint density at radius 3 is 2.67 bits per heavy atom.